The molecule has 0 aromatic heterocycles. The normalized spacial score (nSPS) is 48.7. The van der Waals surface area contributed by atoms with Crippen molar-refractivity contribution in [3.8, 4) is 11.8 Å². The van der Waals surface area contributed by atoms with E-state index in [1.807, 2.05) is 6.92 Å². The van der Waals surface area contributed by atoms with Crippen molar-refractivity contribution in [2.75, 3.05) is 0 Å². The lowest BCUT2D eigenvalue weighted by Crippen LogP contribution is -2.58. The van der Waals surface area contributed by atoms with Crippen LogP contribution in [-0.2, 0) is 0 Å². The van der Waals surface area contributed by atoms with Gasteiger partial charge in [0.15, 0.2) is 0 Å². The Kier molecular flexibility index (Phi) is 3.02. The number of aliphatic hydroxyl groups excluding tert-OH is 1. The van der Waals surface area contributed by atoms with E-state index < -0.39 is 0 Å². The number of aliphatic hydroxyl groups is 1. The zero-order chi connectivity index (χ0) is 13.7. The first kappa shape index (κ1) is 13.5. The fourth-order valence-corrected chi connectivity index (χ4v) is 6.55. The van der Waals surface area contributed by atoms with Crippen LogP contribution in [0.2, 0.25) is 0 Å². The molecule has 0 aromatic rings. The summed E-state index contributed by atoms with van der Waals surface area (Å²) in [4.78, 5) is 0. The number of hydrogen-bond donors (Lipinski definition) is 1. The number of rotatable bonds is 3. The molecule has 19 heavy (non-hydrogen) atoms. The Morgan fingerprint density at radius 2 is 1.74 bits per heavy atom. The molecule has 3 atom stereocenters. The third kappa shape index (κ3) is 2.23. The Bertz CT molecular complexity index is 409. The number of hydrogen-bond acceptors (Lipinski definition) is 1. The van der Waals surface area contributed by atoms with Crippen LogP contribution in [0.3, 0.4) is 0 Å². The van der Waals surface area contributed by atoms with Crippen LogP contribution in [0.1, 0.15) is 72.1 Å². The van der Waals surface area contributed by atoms with Crippen molar-refractivity contribution in [3.63, 3.8) is 0 Å². The largest absolute Gasteiger partial charge is 0.393 e. The maximum Gasteiger partial charge on any atom is 0.0606 e. The van der Waals surface area contributed by atoms with Crippen LogP contribution in [0.4, 0.5) is 0 Å². The zero-order valence-corrected chi connectivity index (χ0v) is 12.8. The van der Waals surface area contributed by atoms with Gasteiger partial charge in [-0.3, -0.25) is 0 Å². The molecule has 0 saturated heterocycles. The summed E-state index contributed by atoms with van der Waals surface area (Å²) in [6.45, 7) is 6.84. The molecule has 0 heterocycles. The summed E-state index contributed by atoms with van der Waals surface area (Å²) >= 11 is 0. The molecular weight excluding hydrogens is 232 g/mol. The third-order valence-electron chi connectivity index (χ3n) is 6.10. The van der Waals surface area contributed by atoms with E-state index in [9.17, 15) is 5.11 Å². The highest BCUT2D eigenvalue weighted by Gasteiger charge is 2.61. The van der Waals surface area contributed by atoms with E-state index in [-0.39, 0.29) is 11.5 Å². The Morgan fingerprint density at radius 3 is 2.26 bits per heavy atom. The van der Waals surface area contributed by atoms with Crippen molar-refractivity contribution in [1.29, 1.82) is 0 Å². The average Bonchev–Trinajstić information content (AvgIpc) is 2.24. The standard InChI is InChI=1S/C18H28O/c1-4-5-6-7-15(19)18-10-14-8-16(2,12-18)11-17(3,9-14)13-18/h14-15,19H,6-13H2,1-3H3. The molecule has 3 unspecified atom stereocenters. The van der Waals surface area contributed by atoms with Crippen molar-refractivity contribution < 1.29 is 5.11 Å². The predicted octanol–water partition coefficient (Wildman–Crippen LogP) is 4.15. The first-order chi connectivity index (χ1) is 8.89. The van der Waals surface area contributed by atoms with E-state index in [4.69, 9.17) is 0 Å². The molecule has 4 aliphatic carbocycles. The minimum Gasteiger partial charge on any atom is -0.393 e. The second-order valence-electron chi connectivity index (χ2n) is 8.47. The van der Waals surface area contributed by atoms with Gasteiger partial charge >= 0.3 is 0 Å². The smallest absolute Gasteiger partial charge is 0.0606 e. The van der Waals surface area contributed by atoms with E-state index in [1.54, 1.807) is 0 Å². The monoisotopic (exact) mass is 260 g/mol. The maximum atomic E-state index is 10.8. The van der Waals surface area contributed by atoms with Gasteiger partial charge in [-0.1, -0.05) is 13.8 Å². The topological polar surface area (TPSA) is 20.2 Å². The summed E-state index contributed by atoms with van der Waals surface area (Å²) in [5.41, 5.74) is 1.23. The Balaban J connectivity index is 1.81. The van der Waals surface area contributed by atoms with Gasteiger partial charge in [0.05, 0.1) is 6.10 Å². The van der Waals surface area contributed by atoms with Crippen molar-refractivity contribution in [2.45, 2.75) is 78.2 Å². The molecule has 1 N–H and O–H groups in total. The SMILES string of the molecule is CC#CCCC(O)C12CC3CC(C)(CC(C)(C3)C1)C2. The van der Waals surface area contributed by atoms with Gasteiger partial charge in [-0.05, 0) is 74.0 Å². The molecule has 4 saturated carbocycles. The Labute approximate surface area is 118 Å². The van der Waals surface area contributed by atoms with E-state index in [1.165, 1.54) is 38.5 Å². The van der Waals surface area contributed by atoms with Gasteiger partial charge in [-0.2, -0.15) is 0 Å². The van der Waals surface area contributed by atoms with Crippen molar-refractivity contribution >= 4 is 0 Å². The van der Waals surface area contributed by atoms with Crippen LogP contribution in [-0.4, -0.2) is 11.2 Å². The fraction of sp³-hybridized carbons (Fsp3) is 0.889. The van der Waals surface area contributed by atoms with Crippen LogP contribution in [0.15, 0.2) is 0 Å². The van der Waals surface area contributed by atoms with Gasteiger partial charge in [0.2, 0.25) is 0 Å². The minimum atomic E-state index is -0.129. The second-order valence-corrected chi connectivity index (χ2v) is 8.47. The third-order valence-corrected chi connectivity index (χ3v) is 6.10. The van der Waals surface area contributed by atoms with E-state index in [2.05, 4.69) is 25.7 Å². The summed E-state index contributed by atoms with van der Waals surface area (Å²) < 4.78 is 0. The molecule has 0 aliphatic heterocycles. The van der Waals surface area contributed by atoms with E-state index in [0.717, 1.165) is 18.8 Å². The summed E-state index contributed by atoms with van der Waals surface area (Å²) in [5, 5.41) is 10.8. The van der Waals surface area contributed by atoms with Crippen LogP contribution in [0, 0.1) is 34.0 Å². The van der Waals surface area contributed by atoms with Crippen molar-refractivity contribution in [1.82, 2.24) is 0 Å². The van der Waals surface area contributed by atoms with Crippen molar-refractivity contribution in [2.24, 2.45) is 22.2 Å². The van der Waals surface area contributed by atoms with Crippen LogP contribution in [0.5, 0.6) is 0 Å². The first-order valence-electron chi connectivity index (χ1n) is 7.97. The highest BCUT2D eigenvalue weighted by Crippen LogP contribution is 2.70. The Hall–Kier alpha value is -0.480. The van der Waals surface area contributed by atoms with Crippen molar-refractivity contribution in [3.05, 3.63) is 0 Å². The molecule has 0 radical (unpaired) electrons. The predicted molar refractivity (Wildman–Crippen MR) is 78.5 cm³/mol. The maximum absolute atomic E-state index is 10.8. The fourth-order valence-electron chi connectivity index (χ4n) is 6.55. The molecule has 0 amide bonds. The molecule has 4 rings (SSSR count). The lowest BCUT2D eigenvalue weighted by molar-refractivity contribution is -0.186. The van der Waals surface area contributed by atoms with Crippen LogP contribution in [0.25, 0.3) is 0 Å². The second kappa shape index (κ2) is 4.26. The summed E-state index contributed by atoms with van der Waals surface area (Å²) in [5.74, 6) is 6.94. The van der Waals surface area contributed by atoms with Gasteiger partial charge in [0.25, 0.3) is 0 Å². The molecule has 1 nitrogen and oxygen atoms in total. The van der Waals surface area contributed by atoms with Gasteiger partial charge < -0.3 is 5.11 Å². The molecule has 4 bridgehead atoms. The highest BCUT2D eigenvalue weighted by atomic mass is 16.3. The molecule has 4 aliphatic rings. The average molecular weight is 260 g/mol. The molecule has 0 spiro atoms. The van der Waals surface area contributed by atoms with E-state index in [0.29, 0.717) is 10.8 Å². The summed E-state index contributed by atoms with van der Waals surface area (Å²) in [6.07, 6.45) is 9.60. The summed E-state index contributed by atoms with van der Waals surface area (Å²) in [6, 6.07) is 0. The van der Waals surface area contributed by atoms with Gasteiger partial charge in [-0.15, -0.1) is 11.8 Å². The van der Waals surface area contributed by atoms with Gasteiger partial charge in [0.1, 0.15) is 0 Å². The highest BCUT2D eigenvalue weighted by molar-refractivity contribution is 5.12. The molecule has 106 valence electrons. The van der Waals surface area contributed by atoms with Gasteiger partial charge in [-0.25, -0.2) is 0 Å². The molecule has 4 fully saturated rings. The van der Waals surface area contributed by atoms with E-state index >= 15 is 0 Å². The minimum absolute atomic E-state index is 0.129. The quantitative estimate of drug-likeness (QED) is 0.756. The zero-order valence-electron chi connectivity index (χ0n) is 12.8. The lowest BCUT2D eigenvalue weighted by Gasteiger charge is -2.66. The molecular formula is C18H28O. The lowest BCUT2D eigenvalue weighted by atomic mass is 9.39. The van der Waals surface area contributed by atoms with Gasteiger partial charge in [0, 0.05) is 6.42 Å². The van der Waals surface area contributed by atoms with Crippen LogP contribution >= 0.6 is 0 Å². The first-order valence-corrected chi connectivity index (χ1v) is 7.97. The Morgan fingerprint density at radius 1 is 1.11 bits per heavy atom. The molecule has 0 aromatic carbocycles. The summed E-state index contributed by atoms with van der Waals surface area (Å²) in [7, 11) is 0. The van der Waals surface area contributed by atoms with Crippen LogP contribution < -0.4 is 0 Å². The molecule has 1 heteroatoms.